The van der Waals surface area contributed by atoms with Gasteiger partial charge in [-0.3, -0.25) is 0 Å². The Morgan fingerprint density at radius 2 is 1.79 bits per heavy atom. The zero-order valence-electron chi connectivity index (χ0n) is 21.4. The largest absolute Gasteiger partial charge is 0.474 e. The van der Waals surface area contributed by atoms with Crippen molar-refractivity contribution in [1.29, 1.82) is 0 Å². The van der Waals surface area contributed by atoms with Crippen molar-refractivity contribution in [2.45, 2.75) is 32.5 Å². The molecule has 39 heavy (non-hydrogen) atoms. The molecule has 2 aliphatic rings. The van der Waals surface area contributed by atoms with E-state index in [4.69, 9.17) is 15.2 Å². The summed E-state index contributed by atoms with van der Waals surface area (Å²) in [6.45, 7) is 6.03. The highest BCUT2D eigenvalue weighted by Gasteiger charge is 2.39. The Hall–Kier alpha value is -3.52. The van der Waals surface area contributed by atoms with Crippen molar-refractivity contribution < 1.29 is 31.4 Å². The van der Waals surface area contributed by atoms with Gasteiger partial charge >= 0.3 is 6.18 Å². The van der Waals surface area contributed by atoms with Gasteiger partial charge in [0.2, 0.25) is 11.8 Å². The van der Waals surface area contributed by atoms with Crippen molar-refractivity contribution in [2.24, 2.45) is 0 Å². The number of ether oxygens (including phenoxy) is 2. The van der Waals surface area contributed by atoms with Gasteiger partial charge in [0.05, 0.1) is 30.6 Å². The van der Waals surface area contributed by atoms with Crippen LogP contribution in [0.5, 0.6) is 5.88 Å². The fourth-order valence-corrected chi connectivity index (χ4v) is 4.75. The SMILES string of the molecule is Cc1c(F)c(N)cc(-c2nc3c4c(nc(N5CCOCC5)nc4c2F)NCCNCCC(C)O3)c1C(F)(F)F. The first-order chi connectivity index (χ1) is 18.6. The molecule has 0 saturated carbocycles. The first-order valence-corrected chi connectivity index (χ1v) is 12.6. The molecular formula is C25H28F5N7O2. The standard InChI is InChI=1S/C25H28F5N7O2/c1-12-3-4-32-5-6-33-22-16-21(35-24(36-22)37-7-9-38-10-8-37)19(27)20(34-23(16)39-12)14-11-15(31)18(26)13(2)17(14)25(28,29)30/h11-12,32H,3-10,31H2,1-2H3,(H,33,35,36). The van der Waals surface area contributed by atoms with Gasteiger partial charge in [0.15, 0.2) is 5.82 Å². The Morgan fingerprint density at radius 3 is 2.51 bits per heavy atom. The van der Waals surface area contributed by atoms with Gasteiger partial charge in [-0.1, -0.05) is 0 Å². The maximum atomic E-state index is 16.4. The molecule has 210 valence electrons. The highest BCUT2D eigenvalue weighted by molar-refractivity contribution is 5.97. The van der Waals surface area contributed by atoms with E-state index in [-0.39, 0.29) is 28.5 Å². The van der Waals surface area contributed by atoms with Gasteiger partial charge in [0, 0.05) is 31.7 Å². The van der Waals surface area contributed by atoms with Crippen LogP contribution in [0.2, 0.25) is 0 Å². The lowest BCUT2D eigenvalue weighted by molar-refractivity contribution is -0.137. The molecule has 2 aromatic heterocycles. The second kappa shape index (κ2) is 10.6. The van der Waals surface area contributed by atoms with Crippen LogP contribution in [0.3, 0.4) is 0 Å². The van der Waals surface area contributed by atoms with Crippen molar-refractivity contribution in [3.8, 4) is 17.1 Å². The quantitative estimate of drug-likeness (QED) is 0.322. The van der Waals surface area contributed by atoms with E-state index < -0.39 is 52.0 Å². The molecule has 4 N–H and O–H groups in total. The van der Waals surface area contributed by atoms with Crippen molar-refractivity contribution in [3.63, 3.8) is 0 Å². The third-order valence-electron chi connectivity index (χ3n) is 6.73. The summed E-state index contributed by atoms with van der Waals surface area (Å²) in [6, 6.07) is 0.747. The number of aromatic nitrogens is 3. The van der Waals surface area contributed by atoms with Crippen molar-refractivity contribution in [2.75, 3.05) is 61.9 Å². The van der Waals surface area contributed by atoms with Gasteiger partial charge < -0.3 is 30.7 Å². The lowest BCUT2D eigenvalue weighted by Crippen LogP contribution is -2.37. The van der Waals surface area contributed by atoms with Crippen molar-refractivity contribution >= 4 is 28.4 Å². The van der Waals surface area contributed by atoms with Crippen LogP contribution in [0.25, 0.3) is 22.2 Å². The van der Waals surface area contributed by atoms with Crippen LogP contribution in [-0.4, -0.2) is 67.0 Å². The van der Waals surface area contributed by atoms with Crippen molar-refractivity contribution in [1.82, 2.24) is 20.3 Å². The van der Waals surface area contributed by atoms with E-state index in [1.54, 1.807) is 11.8 Å². The Morgan fingerprint density at radius 1 is 1.05 bits per heavy atom. The topological polar surface area (TPSA) is 110 Å². The third kappa shape index (κ3) is 5.22. The predicted molar refractivity (Wildman–Crippen MR) is 136 cm³/mol. The molecule has 9 nitrogen and oxygen atoms in total. The van der Waals surface area contributed by atoms with Crippen molar-refractivity contribution in [3.05, 3.63) is 28.8 Å². The lowest BCUT2D eigenvalue weighted by Gasteiger charge is -2.28. The molecule has 0 aliphatic carbocycles. The molecule has 0 radical (unpaired) electrons. The van der Waals surface area contributed by atoms with Gasteiger partial charge in [-0.15, -0.1) is 0 Å². The minimum Gasteiger partial charge on any atom is -0.474 e. The van der Waals surface area contributed by atoms with Gasteiger partial charge in [0.25, 0.3) is 0 Å². The molecule has 0 spiro atoms. The minimum atomic E-state index is -5.02. The number of nitrogens with one attached hydrogen (secondary N) is 2. The molecule has 1 aromatic carbocycles. The number of anilines is 3. The third-order valence-corrected chi connectivity index (χ3v) is 6.73. The molecule has 1 unspecified atom stereocenters. The summed E-state index contributed by atoms with van der Waals surface area (Å²) in [5.41, 5.74) is 1.32. The van der Waals surface area contributed by atoms with Gasteiger partial charge in [0.1, 0.15) is 28.2 Å². The maximum absolute atomic E-state index is 16.4. The molecule has 1 atom stereocenters. The van der Waals surface area contributed by atoms with Crippen LogP contribution in [-0.2, 0) is 10.9 Å². The molecule has 2 aliphatic heterocycles. The predicted octanol–water partition coefficient (Wildman–Crippen LogP) is 3.89. The number of nitrogens with zero attached hydrogens (tertiary/aromatic N) is 4. The number of pyridine rings is 1. The van der Waals surface area contributed by atoms with E-state index in [2.05, 4.69) is 25.6 Å². The number of nitrogen functional groups attached to an aromatic ring is 1. The van der Waals surface area contributed by atoms with Crippen LogP contribution in [0.1, 0.15) is 24.5 Å². The Balaban J connectivity index is 1.83. The molecule has 0 bridgehead atoms. The summed E-state index contributed by atoms with van der Waals surface area (Å²) in [4.78, 5) is 15.1. The van der Waals surface area contributed by atoms with Crippen LogP contribution in [0, 0.1) is 18.6 Å². The smallest absolute Gasteiger partial charge is 0.417 e. The summed E-state index contributed by atoms with van der Waals surface area (Å²) in [5.74, 6) is -2.09. The average molecular weight is 554 g/mol. The van der Waals surface area contributed by atoms with E-state index in [1.165, 1.54) is 0 Å². The lowest BCUT2D eigenvalue weighted by atomic mass is 9.96. The molecule has 0 amide bonds. The zero-order valence-corrected chi connectivity index (χ0v) is 21.4. The zero-order chi connectivity index (χ0) is 27.9. The summed E-state index contributed by atoms with van der Waals surface area (Å²) in [5, 5.41) is 6.52. The van der Waals surface area contributed by atoms with Crippen LogP contribution in [0.4, 0.5) is 39.4 Å². The summed E-state index contributed by atoms with van der Waals surface area (Å²) < 4.78 is 84.9. The molecule has 5 rings (SSSR count). The van der Waals surface area contributed by atoms with E-state index in [0.717, 1.165) is 13.0 Å². The highest BCUT2D eigenvalue weighted by atomic mass is 19.4. The van der Waals surface area contributed by atoms with Crippen LogP contribution in [0.15, 0.2) is 6.07 Å². The second-order valence-electron chi connectivity index (χ2n) is 9.49. The van der Waals surface area contributed by atoms with E-state index in [9.17, 15) is 17.6 Å². The van der Waals surface area contributed by atoms with E-state index >= 15 is 4.39 Å². The minimum absolute atomic E-state index is 0.0994. The average Bonchev–Trinajstić information content (AvgIpc) is 2.93. The molecule has 1 saturated heterocycles. The van der Waals surface area contributed by atoms with Crippen LogP contribution < -0.4 is 26.0 Å². The number of hydrogen-bond acceptors (Lipinski definition) is 9. The molecule has 4 heterocycles. The maximum Gasteiger partial charge on any atom is 0.417 e. The summed E-state index contributed by atoms with van der Waals surface area (Å²) in [6.07, 6.45) is -4.90. The molecular weight excluding hydrogens is 525 g/mol. The number of nitrogens with two attached hydrogens (primary N) is 1. The first kappa shape index (κ1) is 27.1. The Kier molecular flexibility index (Phi) is 7.33. The fraction of sp³-hybridized carbons (Fsp3) is 0.480. The van der Waals surface area contributed by atoms with E-state index in [1.807, 2.05) is 0 Å². The highest BCUT2D eigenvalue weighted by Crippen LogP contribution is 2.44. The molecule has 3 aromatic rings. The number of hydrogen-bond donors (Lipinski definition) is 3. The first-order valence-electron chi connectivity index (χ1n) is 12.6. The number of halogens is 5. The number of rotatable bonds is 2. The second-order valence-corrected chi connectivity index (χ2v) is 9.49. The Labute approximate surface area is 220 Å². The normalized spacial score (nSPS) is 18.8. The number of alkyl halides is 3. The van der Waals surface area contributed by atoms with Gasteiger partial charge in [-0.05, 0) is 38.4 Å². The number of morpholine rings is 1. The van der Waals surface area contributed by atoms with Crippen LogP contribution >= 0.6 is 0 Å². The summed E-state index contributed by atoms with van der Waals surface area (Å²) in [7, 11) is 0. The Bertz CT molecular complexity index is 1400. The molecule has 14 heteroatoms. The summed E-state index contributed by atoms with van der Waals surface area (Å²) >= 11 is 0. The molecule has 1 fully saturated rings. The monoisotopic (exact) mass is 553 g/mol. The van der Waals surface area contributed by atoms with Gasteiger partial charge in [-0.2, -0.15) is 18.2 Å². The fourth-order valence-electron chi connectivity index (χ4n) is 4.75. The van der Waals surface area contributed by atoms with E-state index in [0.29, 0.717) is 52.4 Å². The van der Waals surface area contributed by atoms with Gasteiger partial charge in [-0.25, -0.2) is 18.7 Å². The number of benzene rings is 1.